The summed E-state index contributed by atoms with van der Waals surface area (Å²) < 4.78 is 16.8. The summed E-state index contributed by atoms with van der Waals surface area (Å²) in [6, 6.07) is 1.81. The van der Waals surface area contributed by atoms with Crippen molar-refractivity contribution in [2.75, 3.05) is 6.61 Å². The third-order valence-corrected chi connectivity index (χ3v) is 6.39. The van der Waals surface area contributed by atoms with Crippen LogP contribution in [0.3, 0.4) is 0 Å². The third kappa shape index (κ3) is 5.59. The molecule has 1 fully saturated rings. The average Bonchev–Trinajstić information content (AvgIpc) is 2.76. The fraction of sp³-hybridized carbons (Fsp3) is 0.609. The van der Waals surface area contributed by atoms with Crippen molar-refractivity contribution in [1.82, 2.24) is 0 Å². The lowest BCUT2D eigenvalue weighted by atomic mass is 9.79. The number of carbonyl (C=O) groups is 1. The first kappa shape index (κ1) is 25.3. The number of aliphatic hydroxyl groups is 3. The first-order chi connectivity index (χ1) is 15.4. The number of aromatic hydroxyl groups is 3. The fourth-order valence-corrected chi connectivity index (χ4v) is 4.11. The number of ether oxygens (including phenoxy) is 3. The van der Waals surface area contributed by atoms with Gasteiger partial charge in [0.15, 0.2) is 23.5 Å². The molecule has 6 N–H and O–H groups in total. The van der Waals surface area contributed by atoms with Crippen LogP contribution in [0.1, 0.15) is 50.4 Å². The number of benzene rings is 1. The van der Waals surface area contributed by atoms with E-state index in [4.69, 9.17) is 14.2 Å². The van der Waals surface area contributed by atoms with E-state index in [9.17, 15) is 35.4 Å². The molecule has 10 heteroatoms. The van der Waals surface area contributed by atoms with E-state index in [1.807, 2.05) is 13.8 Å². The molecule has 10 nitrogen and oxygen atoms in total. The van der Waals surface area contributed by atoms with Gasteiger partial charge >= 0.3 is 5.97 Å². The lowest BCUT2D eigenvalue weighted by Gasteiger charge is -2.45. The Labute approximate surface area is 191 Å². The molecule has 0 radical (unpaired) electrons. The van der Waals surface area contributed by atoms with Gasteiger partial charge in [-0.3, -0.25) is 0 Å². The highest BCUT2D eigenvalue weighted by molar-refractivity contribution is 5.91. The normalized spacial score (nSPS) is 30.5. The summed E-state index contributed by atoms with van der Waals surface area (Å²) in [5.41, 5.74) is 0.364. The van der Waals surface area contributed by atoms with E-state index in [2.05, 4.69) is 13.0 Å². The molecule has 0 spiro atoms. The van der Waals surface area contributed by atoms with Crippen LogP contribution >= 0.6 is 0 Å². The fourth-order valence-electron chi connectivity index (χ4n) is 4.11. The van der Waals surface area contributed by atoms with Gasteiger partial charge in [0.2, 0.25) is 0 Å². The van der Waals surface area contributed by atoms with Crippen LogP contribution in [0.4, 0.5) is 0 Å². The lowest BCUT2D eigenvalue weighted by molar-refractivity contribution is -0.328. The molecule has 0 saturated carbocycles. The number of hydrogen-bond donors (Lipinski definition) is 6. The monoisotopic (exact) mass is 468 g/mol. The zero-order valence-corrected chi connectivity index (χ0v) is 18.8. The van der Waals surface area contributed by atoms with Gasteiger partial charge < -0.3 is 44.8 Å². The highest BCUT2D eigenvalue weighted by Crippen LogP contribution is 2.37. The molecule has 2 aliphatic rings. The molecule has 184 valence electrons. The van der Waals surface area contributed by atoms with Gasteiger partial charge in [-0.05, 0) is 58.1 Å². The van der Waals surface area contributed by atoms with E-state index in [1.165, 1.54) is 5.57 Å². The Balaban J connectivity index is 1.66. The molecule has 0 amide bonds. The summed E-state index contributed by atoms with van der Waals surface area (Å²) in [5.74, 6) is -3.01. The van der Waals surface area contributed by atoms with Gasteiger partial charge in [0.1, 0.15) is 31.0 Å². The second kappa shape index (κ2) is 9.86. The Morgan fingerprint density at radius 2 is 1.73 bits per heavy atom. The average molecular weight is 468 g/mol. The molecule has 1 aliphatic carbocycles. The molecule has 1 aromatic carbocycles. The maximum absolute atomic E-state index is 12.3. The zero-order valence-electron chi connectivity index (χ0n) is 18.8. The number of esters is 1. The van der Waals surface area contributed by atoms with Crippen LogP contribution in [0.25, 0.3) is 0 Å². The van der Waals surface area contributed by atoms with Gasteiger partial charge in [-0.1, -0.05) is 11.6 Å². The molecule has 1 saturated heterocycles. The summed E-state index contributed by atoms with van der Waals surface area (Å²) in [7, 11) is 0. The second-order valence-corrected chi connectivity index (χ2v) is 9.22. The summed E-state index contributed by atoms with van der Waals surface area (Å²) in [4.78, 5) is 12.3. The Kier molecular flexibility index (Phi) is 7.55. The minimum absolute atomic E-state index is 0.159. The van der Waals surface area contributed by atoms with Gasteiger partial charge in [-0.15, -0.1) is 0 Å². The molecule has 0 bridgehead atoms. The van der Waals surface area contributed by atoms with Crippen molar-refractivity contribution in [3.05, 3.63) is 29.3 Å². The van der Waals surface area contributed by atoms with E-state index in [1.54, 1.807) is 0 Å². The van der Waals surface area contributed by atoms with Gasteiger partial charge in [-0.25, -0.2) is 4.79 Å². The van der Waals surface area contributed by atoms with Gasteiger partial charge in [-0.2, -0.15) is 0 Å². The van der Waals surface area contributed by atoms with Gasteiger partial charge in [0.25, 0.3) is 0 Å². The predicted octanol–water partition coefficient (Wildman–Crippen LogP) is 1.31. The highest BCUT2D eigenvalue weighted by atomic mass is 16.7. The highest BCUT2D eigenvalue weighted by Gasteiger charge is 2.47. The number of rotatable bonds is 6. The number of carbonyl (C=O) groups excluding carboxylic acids is 1. The minimum Gasteiger partial charge on any atom is -0.504 e. The zero-order chi connectivity index (χ0) is 24.5. The summed E-state index contributed by atoms with van der Waals surface area (Å²) >= 11 is 0. The SMILES string of the molecule is CC1=CCC(C(C)(C)O[C@@H]2O[C@H](COC(=O)c3cc(O)c(O)c(O)c3)[C@@H](O)[C@H](O)[C@H]2O)CC1. The van der Waals surface area contributed by atoms with Crippen molar-refractivity contribution in [2.24, 2.45) is 5.92 Å². The number of hydrogen-bond acceptors (Lipinski definition) is 10. The van der Waals surface area contributed by atoms with Gasteiger partial charge in [0, 0.05) is 0 Å². The number of allylic oxidation sites excluding steroid dienone is 2. The van der Waals surface area contributed by atoms with Crippen LogP contribution < -0.4 is 0 Å². The number of phenolic OH excluding ortho intramolecular Hbond substituents is 3. The summed E-state index contributed by atoms with van der Waals surface area (Å²) in [6.07, 6.45) is -2.35. The van der Waals surface area contributed by atoms with Crippen LogP contribution in [-0.4, -0.2) is 79.5 Å². The first-order valence-electron chi connectivity index (χ1n) is 10.9. The van der Waals surface area contributed by atoms with Crippen molar-refractivity contribution in [3.8, 4) is 17.2 Å². The van der Waals surface area contributed by atoms with Crippen molar-refractivity contribution >= 4 is 5.97 Å². The molecule has 1 aliphatic heterocycles. The molecule has 6 atom stereocenters. The first-order valence-corrected chi connectivity index (χ1v) is 10.9. The minimum atomic E-state index is -1.60. The molecule has 3 rings (SSSR count). The quantitative estimate of drug-likeness (QED) is 0.204. The lowest BCUT2D eigenvalue weighted by Crippen LogP contribution is -2.61. The molecular weight excluding hydrogens is 436 g/mol. The van der Waals surface area contributed by atoms with Gasteiger partial charge in [0.05, 0.1) is 11.2 Å². The maximum Gasteiger partial charge on any atom is 0.338 e. The molecule has 0 aromatic heterocycles. The van der Waals surface area contributed by atoms with E-state index in [0.29, 0.717) is 0 Å². The van der Waals surface area contributed by atoms with E-state index < -0.39 is 66.1 Å². The Hall–Kier alpha value is -2.37. The second-order valence-electron chi connectivity index (χ2n) is 9.22. The van der Waals surface area contributed by atoms with E-state index in [0.717, 1.165) is 31.4 Å². The standard InChI is InChI=1S/C23H32O10/c1-11-4-6-13(7-5-11)23(2,3)33-22-20(29)19(28)18(27)16(32-22)10-31-21(30)12-8-14(24)17(26)15(25)9-12/h4,8-9,13,16,18-20,22,24-29H,5-7,10H2,1-3H3/t13?,16-,18-,19+,20-,22+/m1/s1. The number of aliphatic hydroxyl groups excluding tert-OH is 3. The van der Waals surface area contributed by atoms with Crippen molar-refractivity contribution in [1.29, 1.82) is 0 Å². The third-order valence-electron chi connectivity index (χ3n) is 6.39. The van der Waals surface area contributed by atoms with Crippen LogP contribution in [0, 0.1) is 5.92 Å². The Morgan fingerprint density at radius 1 is 1.09 bits per heavy atom. The predicted molar refractivity (Wildman–Crippen MR) is 115 cm³/mol. The maximum atomic E-state index is 12.3. The Morgan fingerprint density at radius 3 is 2.30 bits per heavy atom. The topological polar surface area (TPSA) is 166 Å². The van der Waals surface area contributed by atoms with Crippen LogP contribution in [0.2, 0.25) is 0 Å². The molecule has 1 unspecified atom stereocenters. The largest absolute Gasteiger partial charge is 0.504 e. The number of phenols is 3. The smallest absolute Gasteiger partial charge is 0.338 e. The van der Waals surface area contributed by atoms with Crippen LogP contribution in [0.5, 0.6) is 17.2 Å². The molecule has 1 aromatic rings. The summed E-state index contributed by atoms with van der Waals surface area (Å²) in [6.45, 7) is 5.32. The Bertz CT molecular complexity index is 872. The van der Waals surface area contributed by atoms with Crippen LogP contribution in [-0.2, 0) is 14.2 Å². The van der Waals surface area contributed by atoms with Crippen molar-refractivity contribution in [3.63, 3.8) is 0 Å². The molecular formula is C23H32O10. The van der Waals surface area contributed by atoms with Crippen molar-refractivity contribution < 1.29 is 49.6 Å². The van der Waals surface area contributed by atoms with Crippen molar-refractivity contribution in [2.45, 2.75) is 76.3 Å². The van der Waals surface area contributed by atoms with Crippen LogP contribution in [0.15, 0.2) is 23.8 Å². The van der Waals surface area contributed by atoms with E-state index >= 15 is 0 Å². The van der Waals surface area contributed by atoms with E-state index in [-0.39, 0.29) is 11.5 Å². The molecule has 1 heterocycles. The summed E-state index contributed by atoms with van der Waals surface area (Å²) in [5, 5.41) is 59.5. The molecule has 33 heavy (non-hydrogen) atoms.